The zero-order valence-electron chi connectivity index (χ0n) is 23.2. The van der Waals surface area contributed by atoms with E-state index >= 15 is 0 Å². The summed E-state index contributed by atoms with van der Waals surface area (Å²) < 4.78 is 10.9. The summed E-state index contributed by atoms with van der Waals surface area (Å²) in [6.07, 6.45) is 3.93. The fraction of sp³-hybridized carbons (Fsp3) is 0.303. The summed E-state index contributed by atoms with van der Waals surface area (Å²) in [6.45, 7) is 5.58. The van der Waals surface area contributed by atoms with Crippen LogP contribution in [0.1, 0.15) is 42.3 Å². The molecule has 4 atom stereocenters. The highest BCUT2D eigenvalue weighted by Crippen LogP contribution is 2.58. The topological polar surface area (TPSA) is 84.9 Å². The maximum absolute atomic E-state index is 14.8. The van der Waals surface area contributed by atoms with Crippen LogP contribution in [-0.4, -0.2) is 43.8 Å². The number of nitrogens with one attached hydrogen (secondary N) is 1. The number of Topliss-reactive ketones (excluding diaryl/α,β-unsaturated/α-hetero) is 2. The Morgan fingerprint density at radius 1 is 0.925 bits per heavy atom. The predicted octanol–water partition coefficient (Wildman–Crippen LogP) is 5.29. The average Bonchev–Trinajstić information content (AvgIpc) is 3.43. The number of fused-ring (bicyclic) bond motifs is 6. The van der Waals surface area contributed by atoms with Crippen LogP contribution < -0.4 is 19.7 Å². The van der Waals surface area contributed by atoms with Gasteiger partial charge in [0.1, 0.15) is 23.0 Å². The number of carbonyl (C=O) groups excluding carboxylic acids is 3. The lowest BCUT2D eigenvalue weighted by atomic mass is 9.63. The van der Waals surface area contributed by atoms with Crippen molar-refractivity contribution < 1.29 is 23.9 Å². The van der Waals surface area contributed by atoms with Crippen LogP contribution >= 0.6 is 0 Å². The van der Waals surface area contributed by atoms with E-state index in [0.29, 0.717) is 22.7 Å². The molecule has 6 rings (SSSR count). The number of nitrogens with zero attached hydrogens (tertiary/aromatic N) is 1. The van der Waals surface area contributed by atoms with Gasteiger partial charge in [-0.2, -0.15) is 0 Å². The molecule has 3 heterocycles. The molecule has 1 fully saturated rings. The Hall–Kier alpha value is -4.39. The molecule has 7 nitrogen and oxygen atoms in total. The van der Waals surface area contributed by atoms with Gasteiger partial charge in [-0.25, -0.2) is 0 Å². The van der Waals surface area contributed by atoms with Crippen molar-refractivity contribution in [2.75, 3.05) is 24.4 Å². The van der Waals surface area contributed by atoms with Crippen LogP contribution in [0.3, 0.4) is 0 Å². The third kappa shape index (κ3) is 3.53. The van der Waals surface area contributed by atoms with Crippen molar-refractivity contribution in [3.63, 3.8) is 0 Å². The Kier molecular flexibility index (Phi) is 5.87. The maximum atomic E-state index is 14.8. The molecule has 0 aliphatic carbocycles. The number of ketones is 2. The molecule has 3 aromatic rings. The van der Waals surface area contributed by atoms with Crippen molar-refractivity contribution in [1.29, 1.82) is 0 Å². The second-order valence-corrected chi connectivity index (χ2v) is 11.6. The summed E-state index contributed by atoms with van der Waals surface area (Å²) in [4.78, 5) is 45.6. The third-order valence-corrected chi connectivity index (χ3v) is 8.48. The van der Waals surface area contributed by atoms with Gasteiger partial charge in [-0.15, -0.1) is 0 Å². The molecular formula is C33H32N2O5. The van der Waals surface area contributed by atoms with E-state index in [1.807, 2.05) is 80.3 Å². The number of hydrogen-bond acceptors (Lipinski definition) is 6. The molecule has 1 spiro atoms. The molecular weight excluding hydrogens is 504 g/mol. The minimum Gasteiger partial charge on any atom is -0.497 e. The van der Waals surface area contributed by atoms with Gasteiger partial charge < -0.3 is 19.7 Å². The van der Waals surface area contributed by atoms with E-state index in [1.54, 1.807) is 38.5 Å². The molecule has 40 heavy (non-hydrogen) atoms. The Bertz CT molecular complexity index is 1590. The van der Waals surface area contributed by atoms with E-state index in [4.69, 9.17) is 9.47 Å². The number of para-hydroxylation sites is 1. The Morgan fingerprint density at radius 3 is 2.38 bits per heavy atom. The highest BCUT2D eigenvalue weighted by atomic mass is 16.5. The fourth-order valence-corrected chi connectivity index (χ4v) is 6.68. The van der Waals surface area contributed by atoms with Crippen molar-refractivity contribution in [2.24, 2.45) is 11.3 Å². The molecule has 0 unspecified atom stereocenters. The standard InChI is InChI=1S/C33H32N2O5/c1-32(2,3)30(37)28-27(29(36)20-9-8-10-21(18-20)39-4)33(23-11-6-7-12-24(23)34-31(33)38)26-16-13-19-17-22(40-5)14-15-25(19)35(26)28/h6-18,26-28H,1-5H3,(H,34,38)/t26-,27-,28+,33-/m0/s1. The summed E-state index contributed by atoms with van der Waals surface area (Å²) >= 11 is 0. The number of rotatable bonds is 5. The monoisotopic (exact) mass is 536 g/mol. The Morgan fingerprint density at radius 2 is 1.65 bits per heavy atom. The summed E-state index contributed by atoms with van der Waals surface area (Å²) in [5, 5.41) is 3.05. The summed E-state index contributed by atoms with van der Waals surface area (Å²) in [6, 6.07) is 18.6. The summed E-state index contributed by atoms with van der Waals surface area (Å²) in [5.41, 5.74) is 1.31. The van der Waals surface area contributed by atoms with Crippen molar-refractivity contribution in [2.45, 2.75) is 38.3 Å². The van der Waals surface area contributed by atoms with Crippen molar-refractivity contribution in [3.05, 3.63) is 89.5 Å². The number of anilines is 2. The van der Waals surface area contributed by atoms with Gasteiger partial charge in [-0.05, 0) is 42.0 Å². The summed E-state index contributed by atoms with van der Waals surface area (Å²) in [7, 11) is 3.15. The molecule has 3 aliphatic heterocycles. The summed E-state index contributed by atoms with van der Waals surface area (Å²) in [5.74, 6) is -0.449. The van der Waals surface area contributed by atoms with E-state index in [9.17, 15) is 14.4 Å². The normalized spacial score (nSPS) is 24.3. The first-order chi connectivity index (χ1) is 19.1. The lowest BCUT2D eigenvalue weighted by molar-refractivity contribution is -0.128. The van der Waals surface area contributed by atoms with Gasteiger partial charge in [-0.3, -0.25) is 14.4 Å². The quantitative estimate of drug-likeness (QED) is 0.446. The van der Waals surface area contributed by atoms with Gasteiger partial charge in [0.2, 0.25) is 5.91 Å². The zero-order valence-corrected chi connectivity index (χ0v) is 23.2. The van der Waals surface area contributed by atoms with Crippen molar-refractivity contribution in [1.82, 2.24) is 0 Å². The van der Waals surface area contributed by atoms with Crippen LogP contribution in [0, 0.1) is 11.3 Å². The molecule has 0 aromatic heterocycles. The largest absolute Gasteiger partial charge is 0.497 e. The molecule has 7 heteroatoms. The highest BCUT2D eigenvalue weighted by Gasteiger charge is 2.70. The molecule has 0 bridgehead atoms. The first-order valence-electron chi connectivity index (χ1n) is 13.4. The first-order valence-corrected chi connectivity index (χ1v) is 13.4. The Labute approximate surface area is 233 Å². The van der Waals surface area contributed by atoms with Crippen molar-refractivity contribution >= 4 is 34.9 Å². The number of methoxy groups -OCH3 is 2. The van der Waals surface area contributed by atoms with E-state index in [2.05, 4.69) is 5.32 Å². The molecule has 1 saturated heterocycles. The number of amides is 1. The highest BCUT2D eigenvalue weighted by molar-refractivity contribution is 6.17. The lowest BCUT2D eigenvalue weighted by Crippen LogP contribution is -2.51. The SMILES string of the molecule is COc1cccc(C(=O)[C@@H]2[C@H](C(=O)C(C)(C)C)N3c4ccc(OC)cc4C=C[C@H]3[C@]23C(=O)Nc2ccccc23)c1. The molecule has 3 aromatic carbocycles. The van der Waals surface area contributed by atoms with E-state index in [0.717, 1.165) is 16.8 Å². The second kappa shape index (κ2) is 9.08. The smallest absolute Gasteiger partial charge is 0.238 e. The van der Waals surface area contributed by atoms with E-state index < -0.39 is 28.8 Å². The van der Waals surface area contributed by atoms with Gasteiger partial charge in [0.15, 0.2) is 11.6 Å². The molecule has 1 N–H and O–H groups in total. The van der Waals surface area contributed by atoms with Gasteiger partial charge in [0, 0.05) is 27.9 Å². The molecule has 1 amide bonds. The number of hydrogen-bond donors (Lipinski definition) is 1. The number of benzene rings is 3. The fourth-order valence-electron chi connectivity index (χ4n) is 6.68. The maximum Gasteiger partial charge on any atom is 0.238 e. The predicted molar refractivity (Wildman–Crippen MR) is 154 cm³/mol. The van der Waals surface area contributed by atoms with E-state index in [1.165, 1.54) is 0 Å². The van der Waals surface area contributed by atoms with Gasteiger partial charge >= 0.3 is 0 Å². The number of carbonyl (C=O) groups is 3. The van der Waals surface area contributed by atoms with Gasteiger partial charge in [0.05, 0.1) is 26.2 Å². The van der Waals surface area contributed by atoms with E-state index in [-0.39, 0.29) is 17.5 Å². The zero-order chi connectivity index (χ0) is 28.4. The van der Waals surface area contributed by atoms with Crippen LogP contribution in [0.5, 0.6) is 11.5 Å². The van der Waals surface area contributed by atoms with Crippen molar-refractivity contribution in [3.8, 4) is 11.5 Å². The molecule has 204 valence electrons. The molecule has 0 radical (unpaired) electrons. The number of ether oxygens (including phenoxy) is 2. The van der Waals surface area contributed by atoms with Crippen LogP contribution in [0.2, 0.25) is 0 Å². The third-order valence-electron chi connectivity index (χ3n) is 8.48. The van der Waals surface area contributed by atoms with Gasteiger partial charge in [0.25, 0.3) is 0 Å². The molecule has 3 aliphatic rings. The molecule has 0 saturated carbocycles. The van der Waals surface area contributed by atoms with Crippen LogP contribution in [0.15, 0.2) is 72.8 Å². The minimum atomic E-state index is -1.34. The first kappa shape index (κ1) is 25.9. The Balaban J connectivity index is 1.67. The van der Waals surface area contributed by atoms with Gasteiger partial charge in [-0.1, -0.05) is 63.3 Å². The minimum absolute atomic E-state index is 0.107. The van der Waals surface area contributed by atoms with Crippen LogP contribution in [-0.2, 0) is 15.0 Å². The van der Waals surface area contributed by atoms with Crippen LogP contribution in [0.25, 0.3) is 6.08 Å². The average molecular weight is 537 g/mol. The second-order valence-electron chi connectivity index (χ2n) is 11.6. The lowest BCUT2D eigenvalue weighted by Gasteiger charge is -2.38. The van der Waals surface area contributed by atoms with Crippen LogP contribution in [0.4, 0.5) is 11.4 Å².